The molecule has 12 heteroatoms. The number of aromatic nitrogens is 2. The van der Waals surface area contributed by atoms with Gasteiger partial charge < -0.3 is 24.3 Å². The molecule has 0 saturated carbocycles. The number of anilines is 1. The average Bonchev–Trinajstić information content (AvgIpc) is 3.23. The first-order chi connectivity index (χ1) is 16.6. The van der Waals surface area contributed by atoms with Crippen LogP contribution < -0.4 is 10.3 Å². The molecule has 0 bridgehead atoms. The van der Waals surface area contributed by atoms with Crippen LogP contribution in [0.2, 0.25) is 0 Å². The number of carbonyl (C=O) groups is 1. The monoisotopic (exact) mass is 504 g/mol. The minimum atomic E-state index is -1.47. The van der Waals surface area contributed by atoms with Gasteiger partial charge in [-0.3, -0.25) is 9.59 Å². The Labute approximate surface area is 198 Å². The van der Waals surface area contributed by atoms with Crippen LogP contribution >= 0.6 is 0 Å². The molecule has 182 valence electrons. The summed E-state index contributed by atoms with van der Waals surface area (Å²) in [6.07, 6.45) is 1.40. The van der Waals surface area contributed by atoms with E-state index in [9.17, 15) is 27.0 Å². The predicted molar refractivity (Wildman–Crippen MR) is 125 cm³/mol. The number of hydrogen-bond acceptors (Lipinski definition) is 4. The van der Waals surface area contributed by atoms with E-state index in [0.717, 1.165) is 12.1 Å². The standard InChI is InChI=1S/C23H19F3N4O4S/c1-30(23(32)18-7-13-16(27-18)3-10(24)4-17(13)29-35(2)33)20-9-34-8-19-21(20)11-5-14(25)15(26)6-12(11)22(31)28-19/h3-7,20,27,29H,8-9H2,1-2H3,(H,28,31)/t20?,35-/m0/s1. The lowest BCUT2D eigenvalue weighted by atomic mass is 9.95. The minimum absolute atomic E-state index is 0.0346. The van der Waals surface area contributed by atoms with Crippen molar-refractivity contribution in [3.8, 4) is 0 Å². The van der Waals surface area contributed by atoms with Crippen LogP contribution in [0.5, 0.6) is 0 Å². The maximum absolute atomic E-state index is 14.1. The van der Waals surface area contributed by atoms with Gasteiger partial charge in [0, 0.05) is 29.9 Å². The molecule has 35 heavy (non-hydrogen) atoms. The van der Waals surface area contributed by atoms with Gasteiger partial charge in [-0.25, -0.2) is 17.4 Å². The van der Waals surface area contributed by atoms with Gasteiger partial charge in [-0.1, -0.05) is 0 Å². The number of likely N-dealkylation sites (N-methyl/N-ethyl adjacent to an activating group) is 1. The second-order valence-corrected chi connectivity index (χ2v) is 9.37. The lowest BCUT2D eigenvalue weighted by Crippen LogP contribution is -2.37. The van der Waals surface area contributed by atoms with Crippen molar-refractivity contribution in [1.29, 1.82) is 0 Å². The number of halogens is 3. The van der Waals surface area contributed by atoms with E-state index in [2.05, 4.69) is 14.7 Å². The lowest BCUT2D eigenvalue weighted by Gasteiger charge is -2.33. The van der Waals surface area contributed by atoms with Gasteiger partial charge in [0.15, 0.2) is 11.6 Å². The van der Waals surface area contributed by atoms with Crippen LogP contribution in [0.15, 0.2) is 35.1 Å². The number of pyridine rings is 1. The molecule has 3 heterocycles. The van der Waals surface area contributed by atoms with Crippen LogP contribution in [0, 0.1) is 17.5 Å². The number of benzene rings is 2. The highest BCUT2D eigenvalue weighted by Gasteiger charge is 2.32. The van der Waals surface area contributed by atoms with E-state index in [-0.39, 0.29) is 35.4 Å². The van der Waals surface area contributed by atoms with Crippen LogP contribution in [-0.2, 0) is 22.3 Å². The summed E-state index contributed by atoms with van der Waals surface area (Å²) in [4.78, 5) is 32.7. The highest BCUT2D eigenvalue weighted by Crippen LogP contribution is 2.35. The molecule has 0 spiro atoms. The smallest absolute Gasteiger partial charge is 0.270 e. The Morgan fingerprint density at radius 2 is 1.80 bits per heavy atom. The van der Waals surface area contributed by atoms with E-state index < -0.39 is 45.9 Å². The first kappa shape index (κ1) is 23.1. The zero-order valence-electron chi connectivity index (χ0n) is 18.5. The normalized spacial score (nSPS) is 16.3. The number of rotatable bonds is 4. The Hall–Kier alpha value is -3.64. The Morgan fingerprint density at radius 1 is 1.09 bits per heavy atom. The molecular weight excluding hydrogens is 485 g/mol. The molecule has 0 fully saturated rings. The van der Waals surface area contributed by atoms with Gasteiger partial charge in [-0.15, -0.1) is 0 Å². The topological polar surface area (TPSA) is 107 Å². The summed E-state index contributed by atoms with van der Waals surface area (Å²) in [5.41, 5.74) is 0.915. The summed E-state index contributed by atoms with van der Waals surface area (Å²) in [5.74, 6) is -3.35. The molecule has 0 aliphatic carbocycles. The molecule has 1 unspecified atom stereocenters. The third-order valence-electron chi connectivity index (χ3n) is 6.01. The number of amides is 1. The van der Waals surface area contributed by atoms with Gasteiger partial charge in [-0.05, 0) is 35.7 Å². The molecule has 1 amide bonds. The van der Waals surface area contributed by atoms with Gasteiger partial charge in [0.05, 0.1) is 35.8 Å². The van der Waals surface area contributed by atoms with E-state index >= 15 is 0 Å². The van der Waals surface area contributed by atoms with Crippen LogP contribution in [0.1, 0.15) is 27.8 Å². The minimum Gasteiger partial charge on any atom is -0.373 e. The van der Waals surface area contributed by atoms with E-state index in [4.69, 9.17) is 4.74 Å². The molecule has 3 N–H and O–H groups in total. The summed E-state index contributed by atoms with van der Waals surface area (Å²) in [7, 11) is 0.0408. The van der Waals surface area contributed by atoms with Crippen molar-refractivity contribution in [2.45, 2.75) is 12.6 Å². The Morgan fingerprint density at radius 3 is 2.51 bits per heavy atom. The number of fused-ring (bicyclic) bond motifs is 4. The number of carbonyl (C=O) groups excluding carboxylic acids is 1. The van der Waals surface area contributed by atoms with Crippen LogP contribution in [0.4, 0.5) is 18.9 Å². The van der Waals surface area contributed by atoms with Crippen molar-refractivity contribution in [1.82, 2.24) is 14.9 Å². The average molecular weight is 504 g/mol. The molecule has 0 saturated heterocycles. The van der Waals surface area contributed by atoms with Crippen LogP contribution in [-0.4, -0.2) is 44.9 Å². The molecule has 4 aromatic rings. The molecule has 8 nitrogen and oxygen atoms in total. The zero-order valence-corrected chi connectivity index (χ0v) is 19.3. The number of hydrogen-bond donors (Lipinski definition) is 3. The van der Waals surface area contributed by atoms with Crippen molar-refractivity contribution in [3.63, 3.8) is 0 Å². The molecule has 1 aliphatic heterocycles. The maximum Gasteiger partial charge on any atom is 0.270 e. The summed E-state index contributed by atoms with van der Waals surface area (Å²) < 4.78 is 61.9. The Kier molecular flexibility index (Phi) is 5.64. The van der Waals surface area contributed by atoms with Gasteiger partial charge in [-0.2, -0.15) is 0 Å². The molecular formula is C23H19F3N4O4S. The summed E-state index contributed by atoms with van der Waals surface area (Å²) in [6.45, 7) is 0.0821. The first-order valence-electron chi connectivity index (χ1n) is 10.4. The second kappa shape index (κ2) is 8.54. The van der Waals surface area contributed by atoms with Crippen LogP contribution in [0.3, 0.4) is 0 Å². The number of aromatic amines is 2. The fourth-order valence-corrected chi connectivity index (χ4v) is 4.91. The molecule has 2 aromatic carbocycles. The van der Waals surface area contributed by atoms with Crippen molar-refractivity contribution in [3.05, 3.63) is 75.1 Å². The predicted octanol–water partition coefficient (Wildman–Crippen LogP) is 3.48. The highest BCUT2D eigenvalue weighted by atomic mass is 32.2. The maximum atomic E-state index is 14.1. The van der Waals surface area contributed by atoms with Gasteiger partial charge in [0.1, 0.15) is 22.5 Å². The van der Waals surface area contributed by atoms with Crippen molar-refractivity contribution in [2.24, 2.45) is 0 Å². The molecule has 2 aromatic heterocycles. The van der Waals surface area contributed by atoms with Crippen molar-refractivity contribution >= 4 is 44.3 Å². The van der Waals surface area contributed by atoms with Gasteiger partial charge in [0.2, 0.25) is 0 Å². The molecule has 1 aliphatic rings. The summed E-state index contributed by atoms with van der Waals surface area (Å²) >= 11 is 0. The van der Waals surface area contributed by atoms with Gasteiger partial charge in [0.25, 0.3) is 11.5 Å². The highest BCUT2D eigenvalue weighted by molar-refractivity contribution is 7.85. The SMILES string of the molecule is CN(C(=O)c1cc2c(N[S@](C)=O)cc(F)cc2[nH]1)C1COCc2[nH]c(=O)c3cc(F)c(F)cc3c21. The third kappa shape index (κ3) is 3.98. The first-order valence-corrected chi connectivity index (χ1v) is 12.0. The number of nitrogens with zero attached hydrogens (tertiary/aromatic N) is 1. The Bertz CT molecular complexity index is 1600. The van der Waals surface area contributed by atoms with Crippen molar-refractivity contribution < 1.29 is 26.9 Å². The molecule has 2 atom stereocenters. The Balaban J connectivity index is 1.59. The van der Waals surface area contributed by atoms with E-state index in [0.29, 0.717) is 22.2 Å². The van der Waals surface area contributed by atoms with E-state index in [1.54, 1.807) is 0 Å². The molecule has 5 rings (SSSR count). The summed E-state index contributed by atoms with van der Waals surface area (Å²) in [5, 5.41) is 0.608. The van der Waals surface area contributed by atoms with E-state index in [1.165, 1.54) is 36.4 Å². The van der Waals surface area contributed by atoms with E-state index in [1.807, 2.05) is 0 Å². The quantitative estimate of drug-likeness (QED) is 0.396. The van der Waals surface area contributed by atoms with Crippen molar-refractivity contribution in [2.75, 3.05) is 24.6 Å². The largest absolute Gasteiger partial charge is 0.373 e. The van der Waals surface area contributed by atoms with Crippen LogP contribution in [0.25, 0.3) is 21.7 Å². The second-order valence-electron chi connectivity index (χ2n) is 8.26. The number of H-pyrrole nitrogens is 2. The fraction of sp³-hybridized carbons (Fsp3) is 0.217. The number of nitrogens with one attached hydrogen (secondary N) is 3. The van der Waals surface area contributed by atoms with Gasteiger partial charge >= 0.3 is 0 Å². The lowest BCUT2D eigenvalue weighted by molar-refractivity contribution is 0.0333. The zero-order chi connectivity index (χ0) is 25.0. The molecule has 0 radical (unpaired) electrons. The summed E-state index contributed by atoms with van der Waals surface area (Å²) in [6, 6.07) is 4.94. The third-order valence-corrected chi connectivity index (χ3v) is 6.52. The fourth-order valence-electron chi connectivity index (χ4n) is 4.44. The number of ether oxygens (including phenoxy) is 1.